The number of aliphatic carboxylic acids is 1. The van der Waals surface area contributed by atoms with Crippen molar-refractivity contribution in [3.63, 3.8) is 0 Å². The van der Waals surface area contributed by atoms with Gasteiger partial charge >= 0.3 is 12.0 Å². The molecule has 0 spiro atoms. The van der Waals surface area contributed by atoms with Gasteiger partial charge in [0.25, 0.3) is 0 Å². The molecule has 5 heteroatoms. The first-order valence-corrected chi connectivity index (χ1v) is 8.18. The smallest absolute Gasteiger partial charge is 0.315 e. The second-order valence-electron chi connectivity index (χ2n) is 6.74. The van der Waals surface area contributed by atoms with Crippen molar-refractivity contribution in [2.24, 2.45) is 11.8 Å². The topological polar surface area (TPSA) is 78.4 Å². The van der Waals surface area contributed by atoms with E-state index in [1.807, 2.05) is 6.92 Å². The van der Waals surface area contributed by atoms with Crippen molar-refractivity contribution in [2.45, 2.75) is 77.8 Å². The van der Waals surface area contributed by atoms with E-state index in [0.29, 0.717) is 12.3 Å². The normalized spacial score (nSPS) is 23.6. The molecule has 1 saturated carbocycles. The monoisotopic (exact) mass is 298 g/mol. The highest BCUT2D eigenvalue weighted by molar-refractivity contribution is 5.75. The first-order valence-electron chi connectivity index (χ1n) is 8.18. The summed E-state index contributed by atoms with van der Waals surface area (Å²) in [6.45, 7) is 6.42. The number of carboxylic acid groups (broad SMARTS) is 1. The third-order valence-electron chi connectivity index (χ3n) is 4.15. The number of hydrogen-bond donors (Lipinski definition) is 3. The summed E-state index contributed by atoms with van der Waals surface area (Å²) in [6.07, 6.45) is 6.28. The van der Waals surface area contributed by atoms with Crippen LogP contribution in [0.4, 0.5) is 4.79 Å². The highest BCUT2D eigenvalue weighted by Crippen LogP contribution is 2.24. The number of carboxylic acids is 1. The van der Waals surface area contributed by atoms with Gasteiger partial charge < -0.3 is 15.7 Å². The number of hydrogen-bond acceptors (Lipinski definition) is 2. The van der Waals surface area contributed by atoms with Crippen LogP contribution in [0, 0.1) is 11.8 Å². The van der Waals surface area contributed by atoms with Gasteiger partial charge in [-0.25, -0.2) is 4.79 Å². The Morgan fingerprint density at radius 1 is 1.19 bits per heavy atom. The van der Waals surface area contributed by atoms with Gasteiger partial charge in [0.1, 0.15) is 0 Å². The Morgan fingerprint density at radius 2 is 1.90 bits per heavy atom. The molecule has 3 unspecified atom stereocenters. The lowest BCUT2D eigenvalue weighted by Crippen LogP contribution is -2.47. The Bertz CT molecular complexity index is 344. The summed E-state index contributed by atoms with van der Waals surface area (Å²) in [5, 5.41) is 14.9. The molecule has 0 aliphatic heterocycles. The van der Waals surface area contributed by atoms with E-state index in [-0.39, 0.29) is 24.0 Å². The van der Waals surface area contributed by atoms with Crippen molar-refractivity contribution in [1.82, 2.24) is 10.6 Å². The van der Waals surface area contributed by atoms with Crippen molar-refractivity contribution in [1.29, 1.82) is 0 Å². The van der Waals surface area contributed by atoms with E-state index in [2.05, 4.69) is 24.5 Å². The maximum atomic E-state index is 11.9. The molecule has 21 heavy (non-hydrogen) atoms. The van der Waals surface area contributed by atoms with Gasteiger partial charge in [-0.1, -0.05) is 33.1 Å². The minimum atomic E-state index is -0.746. The van der Waals surface area contributed by atoms with Crippen LogP contribution in [0.15, 0.2) is 0 Å². The highest BCUT2D eigenvalue weighted by Gasteiger charge is 2.27. The summed E-state index contributed by atoms with van der Waals surface area (Å²) >= 11 is 0. The Kier molecular flexibility index (Phi) is 7.54. The van der Waals surface area contributed by atoms with Crippen molar-refractivity contribution in [3.8, 4) is 0 Å². The molecule has 0 saturated heterocycles. The molecule has 1 fully saturated rings. The Balaban J connectivity index is 2.24. The van der Waals surface area contributed by atoms with E-state index in [0.717, 1.165) is 32.1 Å². The van der Waals surface area contributed by atoms with Gasteiger partial charge in [-0.05, 0) is 38.5 Å². The van der Waals surface area contributed by atoms with Gasteiger partial charge in [0.05, 0.1) is 5.92 Å². The molecule has 3 atom stereocenters. The quantitative estimate of drug-likeness (QED) is 0.675. The first-order chi connectivity index (χ1) is 9.88. The molecule has 0 heterocycles. The Labute approximate surface area is 127 Å². The largest absolute Gasteiger partial charge is 0.481 e. The van der Waals surface area contributed by atoms with E-state index >= 15 is 0 Å². The zero-order chi connectivity index (χ0) is 15.8. The molecule has 0 aromatic carbocycles. The van der Waals surface area contributed by atoms with Crippen LogP contribution in [0.1, 0.15) is 65.7 Å². The van der Waals surface area contributed by atoms with Crippen LogP contribution in [0.3, 0.4) is 0 Å². The number of nitrogens with one attached hydrogen (secondary N) is 2. The number of carbonyl (C=O) groups is 2. The van der Waals surface area contributed by atoms with Crippen LogP contribution in [0.5, 0.6) is 0 Å². The van der Waals surface area contributed by atoms with Crippen molar-refractivity contribution in [2.75, 3.05) is 0 Å². The number of carbonyl (C=O) groups excluding carboxylic acids is 1. The molecule has 122 valence electrons. The fourth-order valence-electron chi connectivity index (χ4n) is 2.90. The third kappa shape index (κ3) is 7.34. The average molecular weight is 298 g/mol. The highest BCUT2D eigenvalue weighted by atomic mass is 16.4. The average Bonchev–Trinajstić information content (AvgIpc) is 2.38. The van der Waals surface area contributed by atoms with Gasteiger partial charge in [0, 0.05) is 12.1 Å². The molecular formula is C16H30N2O3. The van der Waals surface area contributed by atoms with Gasteiger partial charge in [-0.2, -0.15) is 0 Å². The van der Waals surface area contributed by atoms with Crippen LogP contribution in [-0.4, -0.2) is 29.2 Å². The zero-order valence-corrected chi connectivity index (χ0v) is 13.5. The van der Waals surface area contributed by atoms with E-state index in [1.165, 1.54) is 6.42 Å². The molecule has 1 aliphatic rings. The summed E-state index contributed by atoms with van der Waals surface area (Å²) in [6, 6.07) is -0.0200. The summed E-state index contributed by atoms with van der Waals surface area (Å²) < 4.78 is 0. The molecule has 0 radical (unpaired) electrons. The van der Waals surface area contributed by atoms with Crippen LogP contribution >= 0.6 is 0 Å². The van der Waals surface area contributed by atoms with Gasteiger partial charge in [0.15, 0.2) is 0 Å². The Hall–Kier alpha value is -1.26. The van der Waals surface area contributed by atoms with Gasteiger partial charge in [0.2, 0.25) is 0 Å². The van der Waals surface area contributed by atoms with Crippen molar-refractivity contribution < 1.29 is 14.7 Å². The summed E-state index contributed by atoms with van der Waals surface area (Å²) in [5.74, 6) is -0.363. The second-order valence-corrected chi connectivity index (χ2v) is 6.74. The van der Waals surface area contributed by atoms with Gasteiger partial charge in [-0.3, -0.25) is 4.79 Å². The fraction of sp³-hybridized carbons (Fsp3) is 0.875. The predicted octanol–water partition coefficient (Wildman–Crippen LogP) is 3.14. The fourth-order valence-corrected chi connectivity index (χ4v) is 2.90. The van der Waals surface area contributed by atoms with Gasteiger partial charge in [-0.15, -0.1) is 0 Å². The number of rotatable bonds is 7. The van der Waals surface area contributed by atoms with Crippen molar-refractivity contribution in [3.05, 3.63) is 0 Å². The molecule has 0 aromatic rings. The predicted molar refractivity (Wildman–Crippen MR) is 83.2 cm³/mol. The van der Waals surface area contributed by atoms with Crippen LogP contribution < -0.4 is 10.6 Å². The lowest BCUT2D eigenvalue weighted by atomic mass is 9.86. The molecule has 0 aromatic heterocycles. The maximum Gasteiger partial charge on any atom is 0.315 e. The van der Waals surface area contributed by atoms with Crippen LogP contribution in [0.2, 0.25) is 0 Å². The Morgan fingerprint density at radius 3 is 2.52 bits per heavy atom. The van der Waals surface area contributed by atoms with Crippen LogP contribution in [-0.2, 0) is 4.79 Å². The molecule has 3 N–H and O–H groups in total. The van der Waals surface area contributed by atoms with E-state index in [4.69, 9.17) is 5.11 Å². The summed E-state index contributed by atoms with van der Waals surface area (Å²) in [7, 11) is 0. The SMILES string of the molecule is CC(C)CCCC(C)NC(=O)NC1CCCC(C(=O)O)C1. The molecule has 2 amide bonds. The molecule has 0 bridgehead atoms. The van der Waals surface area contributed by atoms with E-state index in [1.54, 1.807) is 0 Å². The molecular weight excluding hydrogens is 268 g/mol. The zero-order valence-electron chi connectivity index (χ0n) is 13.5. The summed E-state index contributed by atoms with van der Waals surface area (Å²) in [4.78, 5) is 22.9. The molecule has 1 aliphatic carbocycles. The summed E-state index contributed by atoms with van der Waals surface area (Å²) in [5.41, 5.74) is 0. The minimum absolute atomic E-state index is 0.0114. The van der Waals surface area contributed by atoms with Crippen molar-refractivity contribution >= 4 is 12.0 Å². The number of urea groups is 1. The van der Waals surface area contributed by atoms with E-state index in [9.17, 15) is 9.59 Å². The third-order valence-corrected chi connectivity index (χ3v) is 4.15. The first kappa shape index (κ1) is 17.8. The molecule has 5 nitrogen and oxygen atoms in total. The standard InChI is InChI=1S/C16H30N2O3/c1-11(2)6-4-7-12(3)17-16(21)18-14-9-5-8-13(10-14)15(19)20/h11-14H,4-10H2,1-3H3,(H,19,20)(H2,17,18,21). The van der Waals surface area contributed by atoms with E-state index < -0.39 is 5.97 Å². The molecule has 1 rings (SSSR count). The van der Waals surface area contributed by atoms with Crippen LogP contribution in [0.25, 0.3) is 0 Å². The number of amides is 2. The lowest BCUT2D eigenvalue weighted by Gasteiger charge is -2.28. The lowest BCUT2D eigenvalue weighted by molar-refractivity contribution is -0.143. The second kappa shape index (κ2) is 8.90. The minimum Gasteiger partial charge on any atom is -0.481 e. The maximum absolute atomic E-state index is 11.9.